The molecule has 0 aromatic heterocycles. The Kier molecular flexibility index (Phi) is 4.36. The molecule has 0 saturated carbocycles. The number of amides is 4. The van der Waals surface area contributed by atoms with Gasteiger partial charge < -0.3 is 1.43 Å². The van der Waals surface area contributed by atoms with Crippen molar-refractivity contribution < 1.29 is 34.7 Å². The van der Waals surface area contributed by atoms with Crippen LogP contribution in [0.15, 0.2) is 0 Å². The summed E-state index contributed by atoms with van der Waals surface area (Å²) in [5.74, 6) is -0.988. The van der Waals surface area contributed by atoms with Gasteiger partial charge in [-0.15, -0.1) is 0 Å². The molecule has 1 aliphatic rings. The number of rotatable bonds is 2. The first-order valence-electron chi connectivity index (χ1n) is 4.23. The third kappa shape index (κ3) is 1.84. The van der Waals surface area contributed by atoms with Gasteiger partial charge in [0.25, 0.3) is 0 Å². The molecule has 0 aliphatic carbocycles. The third-order valence-corrected chi connectivity index (χ3v) is 2.53. The van der Waals surface area contributed by atoms with Crippen molar-refractivity contribution in [3.8, 4) is 0 Å². The maximum Gasteiger partial charge on any atom is 1.00 e. The van der Waals surface area contributed by atoms with E-state index in [1.54, 1.807) is 13.8 Å². The van der Waals surface area contributed by atoms with E-state index in [1.165, 1.54) is 0 Å². The number of barbiturate groups is 1. The van der Waals surface area contributed by atoms with E-state index >= 15 is 0 Å². The molecule has 0 aromatic rings. The standard InChI is InChI=1S/C8H12N2O3.Li.H/c1-3-8(4-2)5(11)9-7(13)10-6(8)12;;/h3-4H2,1-2H3,(H2,9,10,11,12,13);;/q;+1;-1. The van der Waals surface area contributed by atoms with E-state index < -0.39 is 23.3 Å². The second kappa shape index (κ2) is 4.63. The Labute approximate surface area is 95.7 Å². The molecule has 1 heterocycles. The van der Waals surface area contributed by atoms with Crippen LogP contribution in [0.1, 0.15) is 28.1 Å². The molecule has 4 amide bonds. The molecule has 74 valence electrons. The van der Waals surface area contributed by atoms with E-state index in [2.05, 4.69) is 10.6 Å². The van der Waals surface area contributed by atoms with Gasteiger partial charge in [-0.25, -0.2) is 4.79 Å². The van der Waals surface area contributed by atoms with E-state index in [-0.39, 0.29) is 20.3 Å². The van der Waals surface area contributed by atoms with Crippen molar-refractivity contribution in [2.24, 2.45) is 5.41 Å². The average Bonchev–Trinajstić information content (AvgIpc) is 2.05. The Morgan fingerprint density at radius 2 is 1.43 bits per heavy atom. The van der Waals surface area contributed by atoms with Crippen LogP contribution in [0.5, 0.6) is 0 Å². The van der Waals surface area contributed by atoms with E-state index in [0.29, 0.717) is 12.8 Å². The molecule has 1 aliphatic heterocycles. The van der Waals surface area contributed by atoms with Crippen LogP contribution in [-0.4, -0.2) is 17.8 Å². The molecule has 0 radical (unpaired) electrons. The van der Waals surface area contributed by atoms with Crippen molar-refractivity contribution >= 4 is 17.8 Å². The summed E-state index contributed by atoms with van der Waals surface area (Å²) in [5, 5.41) is 4.19. The number of hydrogen-bond acceptors (Lipinski definition) is 3. The Bertz CT molecular complexity index is 257. The summed E-state index contributed by atoms with van der Waals surface area (Å²) < 4.78 is 0. The molecule has 5 nitrogen and oxygen atoms in total. The van der Waals surface area contributed by atoms with Crippen LogP contribution in [0, 0.1) is 5.41 Å². The molecule has 1 fully saturated rings. The van der Waals surface area contributed by atoms with E-state index in [4.69, 9.17) is 0 Å². The summed E-state index contributed by atoms with van der Waals surface area (Å²) in [6.07, 6.45) is 0.795. The fourth-order valence-corrected chi connectivity index (χ4v) is 1.47. The zero-order valence-electron chi connectivity index (χ0n) is 9.64. The van der Waals surface area contributed by atoms with Gasteiger partial charge in [0.2, 0.25) is 11.8 Å². The van der Waals surface area contributed by atoms with Crippen LogP contribution in [0.3, 0.4) is 0 Å². The summed E-state index contributed by atoms with van der Waals surface area (Å²) >= 11 is 0. The van der Waals surface area contributed by atoms with E-state index in [1.807, 2.05) is 0 Å². The van der Waals surface area contributed by atoms with Crippen LogP contribution in [0.25, 0.3) is 0 Å². The molecular formula is C8H13LiN2O3. The van der Waals surface area contributed by atoms with Crippen LogP contribution in [0.2, 0.25) is 0 Å². The summed E-state index contributed by atoms with van der Waals surface area (Å²) in [6.45, 7) is 3.50. The largest absolute Gasteiger partial charge is 1.00 e. The molecule has 0 unspecified atom stereocenters. The minimum Gasteiger partial charge on any atom is -1.00 e. The predicted octanol–water partition coefficient (Wildman–Crippen LogP) is -2.72. The van der Waals surface area contributed by atoms with Crippen molar-refractivity contribution in [3.05, 3.63) is 0 Å². The topological polar surface area (TPSA) is 75.3 Å². The van der Waals surface area contributed by atoms with Crippen LogP contribution in [0.4, 0.5) is 4.79 Å². The molecule has 2 N–H and O–H groups in total. The molecular weight excluding hydrogens is 179 g/mol. The van der Waals surface area contributed by atoms with Crippen molar-refractivity contribution in [2.75, 3.05) is 0 Å². The Balaban J connectivity index is 0. The normalized spacial score (nSPS) is 19.4. The van der Waals surface area contributed by atoms with Crippen molar-refractivity contribution in [1.82, 2.24) is 10.6 Å². The van der Waals surface area contributed by atoms with Crippen molar-refractivity contribution in [3.63, 3.8) is 0 Å². The fourth-order valence-electron chi connectivity index (χ4n) is 1.47. The smallest absolute Gasteiger partial charge is 1.00 e. The quantitative estimate of drug-likeness (QED) is 0.368. The van der Waals surface area contributed by atoms with Gasteiger partial charge >= 0.3 is 24.9 Å². The van der Waals surface area contributed by atoms with Crippen LogP contribution >= 0.6 is 0 Å². The molecule has 0 spiro atoms. The monoisotopic (exact) mass is 192 g/mol. The number of nitrogens with one attached hydrogen (secondary N) is 2. The van der Waals surface area contributed by atoms with Crippen LogP contribution < -0.4 is 29.5 Å². The van der Waals surface area contributed by atoms with Crippen molar-refractivity contribution in [2.45, 2.75) is 26.7 Å². The first kappa shape index (κ1) is 13.2. The number of imide groups is 2. The second-order valence-corrected chi connectivity index (χ2v) is 3.03. The molecule has 14 heavy (non-hydrogen) atoms. The maximum atomic E-state index is 11.4. The summed E-state index contributed by atoms with van der Waals surface area (Å²) in [6, 6.07) is -0.729. The first-order valence-corrected chi connectivity index (χ1v) is 4.23. The van der Waals surface area contributed by atoms with E-state index in [0.717, 1.165) is 0 Å². The summed E-state index contributed by atoms with van der Waals surface area (Å²) in [4.78, 5) is 33.6. The minimum atomic E-state index is -1.06. The van der Waals surface area contributed by atoms with Gasteiger partial charge in [-0.05, 0) is 12.8 Å². The van der Waals surface area contributed by atoms with Crippen molar-refractivity contribution in [1.29, 1.82) is 0 Å². The minimum absolute atomic E-state index is 0. The number of urea groups is 1. The van der Waals surface area contributed by atoms with Gasteiger partial charge in [0.05, 0.1) is 0 Å². The Morgan fingerprint density at radius 3 is 1.71 bits per heavy atom. The van der Waals surface area contributed by atoms with Gasteiger partial charge in [0.15, 0.2) is 0 Å². The number of carbonyl (C=O) groups is 3. The van der Waals surface area contributed by atoms with Gasteiger partial charge in [-0.2, -0.15) is 0 Å². The molecule has 1 rings (SSSR count). The summed E-state index contributed by atoms with van der Waals surface area (Å²) in [7, 11) is 0. The van der Waals surface area contributed by atoms with Gasteiger partial charge in [0, 0.05) is 0 Å². The summed E-state index contributed by atoms with van der Waals surface area (Å²) in [5.41, 5.74) is -1.06. The zero-order valence-corrected chi connectivity index (χ0v) is 8.64. The predicted molar refractivity (Wildman–Crippen MR) is 45.8 cm³/mol. The van der Waals surface area contributed by atoms with Gasteiger partial charge in [-0.3, -0.25) is 20.2 Å². The van der Waals surface area contributed by atoms with Gasteiger partial charge in [-0.1, -0.05) is 13.8 Å². The molecule has 0 bridgehead atoms. The van der Waals surface area contributed by atoms with Gasteiger partial charge in [0.1, 0.15) is 5.41 Å². The van der Waals surface area contributed by atoms with Crippen LogP contribution in [-0.2, 0) is 9.59 Å². The fraction of sp³-hybridized carbons (Fsp3) is 0.625. The Hall–Kier alpha value is -0.793. The molecule has 0 aromatic carbocycles. The number of hydrogen-bond donors (Lipinski definition) is 2. The average molecular weight is 192 g/mol. The SMILES string of the molecule is CCC1(CC)C(=O)NC(=O)NC1=O.[H-].[Li+]. The number of carbonyl (C=O) groups excluding carboxylic acids is 3. The first-order chi connectivity index (χ1) is 6.06. The zero-order chi connectivity index (χ0) is 10.1. The second-order valence-electron chi connectivity index (χ2n) is 3.03. The maximum absolute atomic E-state index is 11.4. The Morgan fingerprint density at radius 1 is 1.07 bits per heavy atom. The molecule has 0 atom stereocenters. The third-order valence-electron chi connectivity index (χ3n) is 2.53. The molecule has 6 heteroatoms. The van der Waals surface area contributed by atoms with E-state index in [9.17, 15) is 14.4 Å². The molecule has 1 saturated heterocycles.